The largest absolute Gasteiger partial charge is 0.381 e. The van der Waals surface area contributed by atoms with Crippen LogP contribution in [-0.4, -0.2) is 39.7 Å². The molecule has 0 spiro atoms. The maximum Gasteiger partial charge on any atom is 0.242 e. The first-order chi connectivity index (χ1) is 9.95. The second kappa shape index (κ2) is 8.96. The Morgan fingerprint density at radius 1 is 1.33 bits per heavy atom. The summed E-state index contributed by atoms with van der Waals surface area (Å²) in [7, 11) is -3.49. The lowest BCUT2D eigenvalue weighted by Gasteiger charge is -2.09. The lowest BCUT2D eigenvalue weighted by Crippen LogP contribution is -2.26. The van der Waals surface area contributed by atoms with Crippen molar-refractivity contribution in [1.29, 1.82) is 0 Å². The Kier molecular flexibility index (Phi) is 7.63. The van der Waals surface area contributed by atoms with E-state index < -0.39 is 10.0 Å². The molecule has 6 nitrogen and oxygen atoms in total. The first kappa shape index (κ1) is 17.9. The molecule has 0 saturated carbocycles. The van der Waals surface area contributed by atoms with Crippen molar-refractivity contribution in [3.05, 3.63) is 18.3 Å². The first-order valence-electron chi connectivity index (χ1n) is 7.23. The fourth-order valence-electron chi connectivity index (χ4n) is 1.61. The molecule has 1 aromatic rings. The van der Waals surface area contributed by atoms with Gasteiger partial charge >= 0.3 is 0 Å². The van der Waals surface area contributed by atoms with Crippen LogP contribution >= 0.6 is 0 Å². The number of pyridine rings is 1. The number of sulfonamides is 1. The van der Waals surface area contributed by atoms with Crippen LogP contribution in [0.25, 0.3) is 0 Å². The minimum Gasteiger partial charge on any atom is -0.381 e. The Balaban J connectivity index is 2.39. The van der Waals surface area contributed by atoms with Gasteiger partial charge in [0, 0.05) is 32.5 Å². The molecule has 0 fully saturated rings. The molecular formula is C14H25N3O3S. The lowest BCUT2D eigenvalue weighted by molar-refractivity contribution is 0.108. The zero-order chi connectivity index (χ0) is 15.7. The van der Waals surface area contributed by atoms with Gasteiger partial charge in [0.05, 0.1) is 0 Å². The van der Waals surface area contributed by atoms with E-state index in [-0.39, 0.29) is 4.90 Å². The molecule has 0 aliphatic rings. The van der Waals surface area contributed by atoms with Crippen LogP contribution in [-0.2, 0) is 14.8 Å². The average Bonchev–Trinajstić information content (AvgIpc) is 2.43. The van der Waals surface area contributed by atoms with Crippen LogP contribution in [0.1, 0.15) is 27.2 Å². The Morgan fingerprint density at radius 2 is 2.10 bits per heavy atom. The van der Waals surface area contributed by atoms with Crippen molar-refractivity contribution in [2.45, 2.75) is 32.1 Å². The third-order valence-electron chi connectivity index (χ3n) is 2.61. The molecule has 0 amide bonds. The van der Waals surface area contributed by atoms with Gasteiger partial charge in [0.2, 0.25) is 10.0 Å². The standard InChI is InChI=1S/C14H25N3O3S/c1-4-15-14-7-6-13(10-16-14)21(18,19)17-8-5-9-20-11-12(2)3/h6-7,10,12,17H,4-5,8-9,11H2,1-3H3,(H,15,16). The molecule has 21 heavy (non-hydrogen) atoms. The van der Waals surface area contributed by atoms with Gasteiger partial charge in [0.1, 0.15) is 10.7 Å². The number of nitrogens with zero attached hydrogens (tertiary/aromatic N) is 1. The minimum atomic E-state index is -3.49. The zero-order valence-electron chi connectivity index (χ0n) is 12.9. The molecule has 7 heteroatoms. The van der Waals surface area contributed by atoms with Gasteiger partial charge in [-0.2, -0.15) is 0 Å². The van der Waals surface area contributed by atoms with Gasteiger partial charge in [-0.1, -0.05) is 13.8 Å². The van der Waals surface area contributed by atoms with Crippen molar-refractivity contribution in [2.75, 3.05) is 31.6 Å². The Labute approximate surface area is 127 Å². The Morgan fingerprint density at radius 3 is 2.67 bits per heavy atom. The minimum absolute atomic E-state index is 0.173. The quantitative estimate of drug-likeness (QED) is 0.644. The van der Waals surface area contributed by atoms with Crippen LogP contribution in [0.3, 0.4) is 0 Å². The zero-order valence-corrected chi connectivity index (χ0v) is 13.7. The molecule has 2 N–H and O–H groups in total. The Bertz CT molecular complexity index is 501. The maximum atomic E-state index is 12.0. The number of hydrogen-bond donors (Lipinski definition) is 2. The van der Waals surface area contributed by atoms with Crippen molar-refractivity contribution in [3.8, 4) is 0 Å². The van der Waals surface area contributed by atoms with E-state index in [1.807, 2.05) is 6.92 Å². The third kappa shape index (κ3) is 6.88. The summed E-state index contributed by atoms with van der Waals surface area (Å²) in [5.41, 5.74) is 0. The highest BCUT2D eigenvalue weighted by Crippen LogP contribution is 2.10. The predicted octanol–water partition coefficient (Wildman–Crippen LogP) is 1.85. The van der Waals surface area contributed by atoms with Crippen molar-refractivity contribution in [2.24, 2.45) is 5.92 Å². The number of nitrogens with one attached hydrogen (secondary N) is 2. The topological polar surface area (TPSA) is 80.3 Å². The van der Waals surface area contributed by atoms with Gasteiger partial charge in [0.15, 0.2) is 0 Å². The Hall–Kier alpha value is -1.18. The summed E-state index contributed by atoms with van der Waals surface area (Å²) in [4.78, 5) is 4.23. The summed E-state index contributed by atoms with van der Waals surface area (Å²) in [6.45, 7) is 8.46. The van der Waals surface area contributed by atoms with Gasteiger partial charge in [-0.15, -0.1) is 0 Å². The lowest BCUT2D eigenvalue weighted by atomic mass is 10.2. The number of anilines is 1. The molecule has 0 atom stereocenters. The summed E-state index contributed by atoms with van der Waals surface area (Å²) in [6.07, 6.45) is 2.00. The SMILES string of the molecule is CCNc1ccc(S(=O)(=O)NCCCOCC(C)C)cn1. The van der Waals surface area contributed by atoms with E-state index >= 15 is 0 Å². The molecule has 0 radical (unpaired) electrons. The van der Waals surface area contributed by atoms with Crippen molar-refractivity contribution in [3.63, 3.8) is 0 Å². The van der Waals surface area contributed by atoms with Crippen LogP contribution in [0.5, 0.6) is 0 Å². The van der Waals surface area contributed by atoms with Gasteiger partial charge in [-0.3, -0.25) is 0 Å². The fourth-order valence-corrected chi connectivity index (χ4v) is 2.63. The van der Waals surface area contributed by atoms with E-state index in [2.05, 4.69) is 28.9 Å². The highest BCUT2D eigenvalue weighted by atomic mass is 32.2. The number of rotatable bonds is 10. The monoisotopic (exact) mass is 315 g/mol. The van der Waals surface area contributed by atoms with E-state index in [4.69, 9.17) is 4.74 Å². The van der Waals surface area contributed by atoms with Crippen LogP contribution in [0.4, 0.5) is 5.82 Å². The molecule has 0 aliphatic heterocycles. The number of hydrogen-bond acceptors (Lipinski definition) is 5. The van der Waals surface area contributed by atoms with Crippen LogP contribution in [0, 0.1) is 5.92 Å². The molecule has 0 bridgehead atoms. The smallest absolute Gasteiger partial charge is 0.242 e. The molecule has 0 aromatic carbocycles. The highest BCUT2D eigenvalue weighted by Gasteiger charge is 2.13. The first-order valence-corrected chi connectivity index (χ1v) is 8.71. The van der Waals surface area contributed by atoms with Crippen LogP contribution in [0.2, 0.25) is 0 Å². The molecular weight excluding hydrogens is 290 g/mol. The third-order valence-corrected chi connectivity index (χ3v) is 4.06. The van der Waals surface area contributed by atoms with Crippen LogP contribution in [0.15, 0.2) is 23.2 Å². The fraction of sp³-hybridized carbons (Fsp3) is 0.643. The van der Waals surface area contributed by atoms with Gasteiger partial charge < -0.3 is 10.1 Å². The summed E-state index contributed by atoms with van der Waals surface area (Å²) in [5, 5.41) is 3.02. The van der Waals surface area contributed by atoms with E-state index in [9.17, 15) is 8.42 Å². The number of aromatic nitrogens is 1. The summed E-state index contributed by atoms with van der Waals surface area (Å²) in [6, 6.07) is 3.20. The number of ether oxygens (including phenoxy) is 1. The molecule has 120 valence electrons. The van der Waals surface area contributed by atoms with Gasteiger partial charge in [-0.25, -0.2) is 18.1 Å². The van der Waals surface area contributed by atoms with E-state index in [0.717, 1.165) is 6.54 Å². The molecule has 1 aromatic heterocycles. The second-order valence-electron chi connectivity index (χ2n) is 5.13. The van der Waals surface area contributed by atoms with Gasteiger partial charge in [-0.05, 0) is 31.4 Å². The molecule has 0 saturated heterocycles. The molecule has 1 rings (SSSR count). The van der Waals surface area contributed by atoms with E-state index in [1.54, 1.807) is 12.1 Å². The van der Waals surface area contributed by atoms with Crippen molar-refractivity contribution < 1.29 is 13.2 Å². The van der Waals surface area contributed by atoms with Crippen molar-refractivity contribution in [1.82, 2.24) is 9.71 Å². The van der Waals surface area contributed by atoms with Crippen LogP contribution < -0.4 is 10.0 Å². The predicted molar refractivity (Wildman–Crippen MR) is 83.9 cm³/mol. The summed E-state index contributed by atoms with van der Waals surface area (Å²) >= 11 is 0. The average molecular weight is 315 g/mol. The molecule has 0 unspecified atom stereocenters. The van der Waals surface area contributed by atoms with E-state index in [1.165, 1.54) is 6.20 Å². The normalized spacial score (nSPS) is 11.8. The van der Waals surface area contributed by atoms with Crippen molar-refractivity contribution >= 4 is 15.8 Å². The highest BCUT2D eigenvalue weighted by molar-refractivity contribution is 7.89. The second-order valence-corrected chi connectivity index (χ2v) is 6.90. The maximum absolute atomic E-state index is 12.0. The van der Waals surface area contributed by atoms with Gasteiger partial charge in [0.25, 0.3) is 0 Å². The molecule has 1 heterocycles. The molecule has 0 aliphatic carbocycles. The summed E-state index contributed by atoms with van der Waals surface area (Å²) in [5.74, 6) is 1.15. The van der Waals surface area contributed by atoms with E-state index in [0.29, 0.717) is 37.9 Å². The summed E-state index contributed by atoms with van der Waals surface area (Å²) < 4.78 is 32.0.